The summed E-state index contributed by atoms with van der Waals surface area (Å²) in [5, 5.41) is 11.2. The summed E-state index contributed by atoms with van der Waals surface area (Å²) in [7, 11) is 1.93. The van der Waals surface area contributed by atoms with Crippen molar-refractivity contribution < 1.29 is 9.53 Å². The highest BCUT2D eigenvalue weighted by Crippen LogP contribution is 2.32. The normalized spacial score (nSPS) is 15.5. The Bertz CT molecular complexity index is 966. The largest absolute Gasteiger partial charge is 0.457 e. The molecule has 4 rings (SSSR count). The minimum atomic E-state index is -0.486. The van der Waals surface area contributed by atoms with Gasteiger partial charge in [0.25, 0.3) is 5.91 Å². The molecule has 7 nitrogen and oxygen atoms in total. The number of nitrogens with one attached hydrogen (secondary N) is 2. The van der Waals surface area contributed by atoms with Gasteiger partial charge in [-0.25, -0.2) is 4.68 Å². The number of primary amides is 1. The SMILES string of the molecule is CNCC1CNc2c(C(N)=O)c(-c3ccc(Oc4ccccc4)cc3)nn2C1. The number of carbonyl (C=O) groups excluding carboxylic acids is 1. The summed E-state index contributed by atoms with van der Waals surface area (Å²) < 4.78 is 7.68. The van der Waals surface area contributed by atoms with E-state index in [9.17, 15) is 4.79 Å². The molecule has 0 aliphatic carbocycles. The molecule has 0 saturated carbocycles. The number of nitrogens with two attached hydrogens (primary N) is 1. The van der Waals surface area contributed by atoms with Gasteiger partial charge in [-0.2, -0.15) is 5.10 Å². The fraction of sp³-hybridized carbons (Fsp3) is 0.238. The van der Waals surface area contributed by atoms with Gasteiger partial charge in [0, 0.05) is 31.1 Å². The first kappa shape index (κ1) is 18.1. The lowest BCUT2D eigenvalue weighted by molar-refractivity contribution is 0.100. The molecule has 1 amide bonds. The average Bonchev–Trinajstić information content (AvgIpc) is 3.08. The Balaban J connectivity index is 1.63. The highest BCUT2D eigenvalue weighted by atomic mass is 16.5. The lowest BCUT2D eigenvalue weighted by Gasteiger charge is -2.25. The molecule has 1 aromatic heterocycles. The van der Waals surface area contributed by atoms with Crippen LogP contribution in [0.4, 0.5) is 5.82 Å². The van der Waals surface area contributed by atoms with Crippen LogP contribution in [-0.4, -0.2) is 35.8 Å². The number of fused-ring (bicyclic) bond motifs is 1. The standard InChI is InChI=1S/C21H23N5O2/c1-23-11-14-12-24-21-18(20(22)27)19(25-26(21)13-14)15-7-9-17(10-8-15)28-16-5-3-2-4-6-16/h2-10,14,23-24H,11-13H2,1H3,(H2,22,27). The summed E-state index contributed by atoms with van der Waals surface area (Å²) in [6.45, 7) is 2.38. The smallest absolute Gasteiger partial charge is 0.254 e. The molecule has 1 aliphatic heterocycles. The van der Waals surface area contributed by atoms with E-state index in [1.54, 1.807) is 0 Å². The number of para-hydroxylation sites is 1. The van der Waals surface area contributed by atoms with E-state index in [-0.39, 0.29) is 0 Å². The number of hydrogen-bond donors (Lipinski definition) is 3. The van der Waals surface area contributed by atoms with Crippen LogP contribution in [0.1, 0.15) is 10.4 Å². The van der Waals surface area contributed by atoms with Crippen LogP contribution in [0.25, 0.3) is 11.3 Å². The van der Waals surface area contributed by atoms with Crippen molar-refractivity contribution in [3.63, 3.8) is 0 Å². The average molecular weight is 377 g/mol. The quantitative estimate of drug-likeness (QED) is 0.614. The number of carbonyl (C=O) groups is 1. The summed E-state index contributed by atoms with van der Waals surface area (Å²) >= 11 is 0. The van der Waals surface area contributed by atoms with Crippen LogP contribution >= 0.6 is 0 Å². The van der Waals surface area contributed by atoms with Crippen LogP contribution in [0.5, 0.6) is 11.5 Å². The van der Waals surface area contributed by atoms with Crippen LogP contribution < -0.4 is 21.1 Å². The van der Waals surface area contributed by atoms with Crippen LogP contribution in [0, 0.1) is 5.92 Å². The van der Waals surface area contributed by atoms with Crippen LogP contribution in [0.3, 0.4) is 0 Å². The van der Waals surface area contributed by atoms with Gasteiger partial charge >= 0.3 is 0 Å². The highest BCUT2D eigenvalue weighted by Gasteiger charge is 2.28. The molecule has 2 aromatic carbocycles. The van der Waals surface area contributed by atoms with E-state index in [4.69, 9.17) is 10.5 Å². The van der Waals surface area contributed by atoms with E-state index >= 15 is 0 Å². The number of aromatic nitrogens is 2. The molecule has 1 aliphatic rings. The van der Waals surface area contributed by atoms with E-state index in [1.165, 1.54) is 0 Å². The zero-order chi connectivity index (χ0) is 19.5. The number of amides is 1. The molecule has 1 unspecified atom stereocenters. The van der Waals surface area contributed by atoms with E-state index in [0.29, 0.717) is 28.7 Å². The molecule has 7 heteroatoms. The molecule has 4 N–H and O–H groups in total. The van der Waals surface area contributed by atoms with E-state index in [0.717, 1.165) is 30.9 Å². The van der Waals surface area contributed by atoms with Crippen molar-refractivity contribution >= 4 is 11.7 Å². The maximum absolute atomic E-state index is 12.1. The lowest BCUT2D eigenvalue weighted by atomic mass is 10.1. The second kappa shape index (κ2) is 7.74. The van der Waals surface area contributed by atoms with Gasteiger partial charge in [0.15, 0.2) is 0 Å². The van der Waals surface area contributed by atoms with Gasteiger partial charge in [0.05, 0.1) is 0 Å². The van der Waals surface area contributed by atoms with Crippen LogP contribution in [0.15, 0.2) is 54.6 Å². The third-order valence-electron chi connectivity index (χ3n) is 4.79. The molecule has 144 valence electrons. The van der Waals surface area contributed by atoms with Crippen LogP contribution in [-0.2, 0) is 6.54 Å². The first-order chi connectivity index (χ1) is 13.7. The Labute approximate surface area is 163 Å². The van der Waals surface area contributed by atoms with Gasteiger partial charge in [-0.05, 0) is 43.4 Å². The zero-order valence-electron chi connectivity index (χ0n) is 15.7. The summed E-state index contributed by atoms with van der Waals surface area (Å²) in [6, 6.07) is 17.1. The molecule has 0 fully saturated rings. The Kier molecular flexibility index (Phi) is 4.99. The number of nitrogens with zero attached hydrogens (tertiary/aromatic N) is 2. The van der Waals surface area contributed by atoms with Crippen molar-refractivity contribution in [3.8, 4) is 22.8 Å². The van der Waals surface area contributed by atoms with Gasteiger partial charge in [-0.15, -0.1) is 0 Å². The van der Waals surface area contributed by atoms with Crippen molar-refractivity contribution in [1.82, 2.24) is 15.1 Å². The third kappa shape index (κ3) is 3.57. The first-order valence-electron chi connectivity index (χ1n) is 9.28. The number of benzene rings is 2. The van der Waals surface area contributed by atoms with Gasteiger partial charge in [0.2, 0.25) is 0 Å². The van der Waals surface area contributed by atoms with Gasteiger partial charge in [-0.3, -0.25) is 4.79 Å². The Morgan fingerprint density at radius 1 is 1.21 bits per heavy atom. The summed E-state index contributed by atoms with van der Waals surface area (Å²) in [4.78, 5) is 12.1. The predicted molar refractivity (Wildman–Crippen MR) is 109 cm³/mol. The second-order valence-corrected chi connectivity index (χ2v) is 6.86. The highest BCUT2D eigenvalue weighted by molar-refractivity contribution is 6.03. The predicted octanol–water partition coefficient (Wildman–Crippen LogP) is 2.70. The molecule has 0 saturated heterocycles. The van der Waals surface area contributed by atoms with E-state index in [2.05, 4.69) is 15.7 Å². The minimum Gasteiger partial charge on any atom is -0.457 e. The molecule has 3 aromatic rings. The van der Waals surface area contributed by atoms with Crippen molar-refractivity contribution in [1.29, 1.82) is 0 Å². The Morgan fingerprint density at radius 2 is 1.93 bits per heavy atom. The molecular formula is C21H23N5O2. The van der Waals surface area contributed by atoms with Crippen molar-refractivity contribution in [2.24, 2.45) is 11.7 Å². The molecule has 0 bridgehead atoms. The maximum Gasteiger partial charge on any atom is 0.254 e. The zero-order valence-corrected chi connectivity index (χ0v) is 15.7. The Morgan fingerprint density at radius 3 is 2.61 bits per heavy atom. The number of rotatable bonds is 6. The maximum atomic E-state index is 12.1. The first-order valence-corrected chi connectivity index (χ1v) is 9.28. The molecule has 28 heavy (non-hydrogen) atoms. The summed E-state index contributed by atoms with van der Waals surface area (Å²) in [5.41, 5.74) is 7.52. The van der Waals surface area contributed by atoms with Crippen LogP contribution in [0.2, 0.25) is 0 Å². The van der Waals surface area contributed by atoms with Gasteiger partial charge in [0.1, 0.15) is 28.6 Å². The molecule has 0 spiro atoms. The second-order valence-electron chi connectivity index (χ2n) is 6.86. The number of anilines is 1. The summed E-state index contributed by atoms with van der Waals surface area (Å²) in [5.74, 6) is 2.09. The number of ether oxygens (including phenoxy) is 1. The van der Waals surface area contributed by atoms with Gasteiger partial charge < -0.3 is 21.1 Å². The monoisotopic (exact) mass is 377 g/mol. The van der Waals surface area contributed by atoms with E-state index in [1.807, 2.05) is 66.3 Å². The lowest BCUT2D eigenvalue weighted by Crippen LogP contribution is -2.34. The molecule has 0 radical (unpaired) electrons. The number of hydrogen-bond acceptors (Lipinski definition) is 5. The molecule has 2 heterocycles. The minimum absolute atomic E-state index is 0.396. The topological polar surface area (TPSA) is 94.2 Å². The fourth-order valence-corrected chi connectivity index (χ4v) is 3.49. The van der Waals surface area contributed by atoms with Crippen molar-refractivity contribution in [3.05, 3.63) is 60.2 Å². The molecule has 1 atom stereocenters. The Hall–Kier alpha value is -3.32. The van der Waals surface area contributed by atoms with Crippen molar-refractivity contribution in [2.45, 2.75) is 6.54 Å². The fourth-order valence-electron chi connectivity index (χ4n) is 3.49. The van der Waals surface area contributed by atoms with Crippen molar-refractivity contribution in [2.75, 3.05) is 25.5 Å². The summed E-state index contributed by atoms with van der Waals surface area (Å²) in [6.07, 6.45) is 0. The third-order valence-corrected chi connectivity index (χ3v) is 4.79. The van der Waals surface area contributed by atoms with Gasteiger partial charge in [-0.1, -0.05) is 18.2 Å². The van der Waals surface area contributed by atoms with E-state index < -0.39 is 5.91 Å². The molecular weight excluding hydrogens is 354 g/mol.